The molecule has 4 rings (SSSR count). The van der Waals surface area contributed by atoms with E-state index < -0.39 is 0 Å². The van der Waals surface area contributed by atoms with Crippen LogP contribution in [0.3, 0.4) is 0 Å². The number of rotatable bonds is 5. The Balaban J connectivity index is 1.32. The van der Waals surface area contributed by atoms with Gasteiger partial charge in [-0.2, -0.15) is 0 Å². The molecular weight excluding hydrogens is 356 g/mol. The Bertz CT molecular complexity index is 740. The molecule has 0 unspecified atom stereocenters. The lowest BCUT2D eigenvalue weighted by Crippen LogP contribution is -2.48. The molecule has 3 heterocycles. The van der Waals surface area contributed by atoms with Gasteiger partial charge in [0.15, 0.2) is 0 Å². The molecule has 3 aliphatic heterocycles. The molecule has 1 aromatic rings. The summed E-state index contributed by atoms with van der Waals surface area (Å²) in [5.74, 6) is 1.32. The third-order valence-electron chi connectivity index (χ3n) is 6.47. The Kier molecular flexibility index (Phi) is 5.58. The number of benzene rings is 1. The molecule has 3 aliphatic rings. The summed E-state index contributed by atoms with van der Waals surface area (Å²) in [6.45, 7) is 3.74. The maximum absolute atomic E-state index is 12.6. The quantitative estimate of drug-likeness (QED) is 0.780. The van der Waals surface area contributed by atoms with Crippen molar-refractivity contribution in [2.75, 3.05) is 39.9 Å². The molecule has 2 saturated heterocycles. The molecule has 6 nitrogen and oxygen atoms in total. The van der Waals surface area contributed by atoms with E-state index in [9.17, 15) is 9.59 Å². The molecule has 0 N–H and O–H groups in total. The second-order valence-corrected chi connectivity index (χ2v) is 8.08. The maximum Gasteiger partial charge on any atom is 0.222 e. The van der Waals surface area contributed by atoms with E-state index in [2.05, 4.69) is 12.1 Å². The molecule has 2 fully saturated rings. The Labute approximate surface area is 166 Å². The lowest BCUT2D eigenvalue weighted by atomic mass is 9.79. The molecule has 152 valence electrons. The number of carbonyl (C=O) groups is 2. The van der Waals surface area contributed by atoms with E-state index in [-0.39, 0.29) is 17.4 Å². The number of piperidine rings is 1. The summed E-state index contributed by atoms with van der Waals surface area (Å²) in [5, 5.41) is 0. The zero-order valence-corrected chi connectivity index (χ0v) is 16.7. The van der Waals surface area contributed by atoms with Gasteiger partial charge in [-0.1, -0.05) is 6.07 Å². The average molecular weight is 386 g/mol. The fourth-order valence-corrected chi connectivity index (χ4v) is 4.83. The molecule has 2 amide bonds. The number of carbonyl (C=O) groups excluding carboxylic acids is 2. The molecule has 28 heavy (non-hydrogen) atoms. The number of hydrogen-bond donors (Lipinski definition) is 0. The van der Waals surface area contributed by atoms with Crippen LogP contribution in [0.2, 0.25) is 0 Å². The molecule has 6 heteroatoms. The van der Waals surface area contributed by atoms with Gasteiger partial charge in [-0.05, 0) is 55.4 Å². The Hall–Kier alpha value is -2.08. The number of amides is 2. The van der Waals surface area contributed by atoms with Crippen LogP contribution >= 0.6 is 0 Å². The van der Waals surface area contributed by atoms with Crippen molar-refractivity contribution < 1.29 is 19.1 Å². The second-order valence-electron chi connectivity index (χ2n) is 8.08. The highest BCUT2D eigenvalue weighted by atomic mass is 16.5. The van der Waals surface area contributed by atoms with Crippen molar-refractivity contribution in [2.24, 2.45) is 0 Å². The van der Waals surface area contributed by atoms with Gasteiger partial charge in [-0.25, -0.2) is 0 Å². The van der Waals surface area contributed by atoms with Crippen molar-refractivity contribution in [1.29, 1.82) is 0 Å². The summed E-state index contributed by atoms with van der Waals surface area (Å²) in [6.07, 6.45) is 5.47. The van der Waals surface area contributed by atoms with Gasteiger partial charge in [0.25, 0.3) is 0 Å². The minimum atomic E-state index is -0.265. The molecule has 0 radical (unpaired) electrons. The van der Waals surface area contributed by atoms with Gasteiger partial charge in [0, 0.05) is 39.0 Å². The summed E-state index contributed by atoms with van der Waals surface area (Å²) in [5.41, 5.74) is 2.30. The van der Waals surface area contributed by atoms with Crippen LogP contribution in [0.4, 0.5) is 0 Å². The lowest BCUT2D eigenvalue weighted by molar-refractivity contribution is -0.141. The zero-order chi connectivity index (χ0) is 19.6. The predicted molar refractivity (Wildman–Crippen MR) is 105 cm³/mol. The number of nitrogens with zero attached hydrogens (tertiary/aromatic N) is 2. The van der Waals surface area contributed by atoms with E-state index in [1.54, 1.807) is 7.11 Å². The van der Waals surface area contributed by atoms with Crippen LogP contribution in [0.15, 0.2) is 18.2 Å². The minimum absolute atomic E-state index is 0.201. The number of likely N-dealkylation sites (tertiary alicyclic amines) is 2. The zero-order valence-electron chi connectivity index (χ0n) is 16.7. The predicted octanol–water partition coefficient (Wildman–Crippen LogP) is 2.49. The van der Waals surface area contributed by atoms with E-state index >= 15 is 0 Å². The van der Waals surface area contributed by atoms with Gasteiger partial charge in [0.1, 0.15) is 5.75 Å². The Morgan fingerprint density at radius 3 is 2.75 bits per heavy atom. The fraction of sp³-hybridized carbons (Fsp3) is 0.636. The normalized spacial score (nSPS) is 21.1. The van der Waals surface area contributed by atoms with E-state index in [1.165, 1.54) is 11.1 Å². The second kappa shape index (κ2) is 8.11. The van der Waals surface area contributed by atoms with Crippen molar-refractivity contribution >= 4 is 11.8 Å². The molecule has 0 saturated carbocycles. The molecule has 1 spiro atoms. The van der Waals surface area contributed by atoms with Gasteiger partial charge in [0.05, 0.1) is 19.3 Å². The highest BCUT2D eigenvalue weighted by Gasteiger charge is 2.41. The van der Waals surface area contributed by atoms with Crippen molar-refractivity contribution in [1.82, 2.24) is 9.80 Å². The van der Waals surface area contributed by atoms with Crippen LogP contribution in [0, 0.1) is 0 Å². The monoisotopic (exact) mass is 386 g/mol. The summed E-state index contributed by atoms with van der Waals surface area (Å²) in [7, 11) is 1.69. The summed E-state index contributed by atoms with van der Waals surface area (Å²) in [4.78, 5) is 28.2. The first kappa shape index (κ1) is 19.2. The summed E-state index contributed by atoms with van der Waals surface area (Å²) < 4.78 is 11.6. The van der Waals surface area contributed by atoms with E-state index in [0.29, 0.717) is 19.4 Å². The third-order valence-corrected chi connectivity index (χ3v) is 6.47. The van der Waals surface area contributed by atoms with Crippen LogP contribution in [0.25, 0.3) is 0 Å². The maximum atomic E-state index is 12.6. The minimum Gasteiger partial charge on any atom is -0.497 e. The molecule has 0 aliphatic carbocycles. The molecule has 0 atom stereocenters. The van der Waals surface area contributed by atoms with Gasteiger partial charge >= 0.3 is 0 Å². The fourth-order valence-electron chi connectivity index (χ4n) is 4.83. The Morgan fingerprint density at radius 1 is 1.21 bits per heavy atom. The highest BCUT2D eigenvalue weighted by Crippen LogP contribution is 2.42. The first-order chi connectivity index (χ1) is 13.6. The van der Waals surface area contributed by atoms with Gasteiger partial charge in [0.2, 0.25) is 11.8 Å². The van der Waals surface area contributed by atoms with Crippen LogP contribution in [-0.2, 0) is 26.3 Å². The number of ether oxygens (including phenoxy) is 2. The van der Waals surface area contributed by atoms with Crippen molar-refractivity contribution in [3.05, 3.63) is 29.3 Å². The van der Waals surface area contributed by atoms with Gasteiger partial charge < -0.3 is 19.3 Å². The first-order valence-electron chi connectivity index (χ1n) is 10.5. The van der Waals surface area contributed by atoms with Crippen molar-refractivity contribution in [3.8, 4) is 5.75 Å². The topological polar surface area (TPSA) is 59.1 Å². The number of methoxy groups -OCH3 is 1. The van der Waals surface area contributed by atoms with Crippen LogP contribution < -0.4 is 4.74 Å². The highest BCUT2D eigenvalue weighted by molar-refractivity contribution is 5.78. The van der Waals surface area contributed by atoms with E-state index in [0.717, 1.165) is 64.1 Å². The molecule has 1 aromatic carbocycles. The number of hydrogen-bond acceptors (Lipinski definition) is 4. The standard InChI is InChI=1S/C22H30N2O4/c1-27-18-6-7-19-17(16-18)8-15-28-22(19)9-13-24(14-10-22)21(26)5-3-12-23-11-2-4-20(23)25/h6-7,16H,2-5,8-15H2,1H3. The largest absolute Gasteiger partial charge is 0.497 e. The summed E-state index contributed by atoms with van der Waals surface area (Å²) in [6, 6.07) is 6.26. The van der Waals surface area contributed by atoms with Crippen molar-refractivity contribution in [2.45, 2.75) is 50.5 Å². The molecule has 0 aromatic heterocycles. The van der Waals surface area contributed by atoms with Gasteiger partial charge in [-0.3, -0.25) is 9.59 Å². The third kappa shape index (κ3) is 3.75. The molecular formula is C22H30N2O4. The lowest BCUT2D eigenvalue weighted by Gasteiger charge is -2.45. The van der Waals surface area contributed by atoms with Crippen LogP contribution in [-0.4, -0.2) is 61.5 Å². The van der Waals surface area contributed by atoms with Crippen molar-refractivity contribution in [3.63, 3.8) is 0 Å². The van der Waals surface area contributed by atoms with Gasteiger partial charge in [-0.15, -0.1) is 0 Å². The first-order valence-corrected chi connectivity index (χ1v) is 10.5. The van der Waals surface area contributed by atoms with Crippen LogP contribution in [0.5, 0.6) is 5.75 Å². The van der Waals surface area contributed by atoms with Crippen LogP contribution in [0.1, 0.15) is 49.7 Å². The average Bonchev–Trinajstić information content (AvgIpc) is 3.13. The Morgan fingerprint density at radius 2 is 2.04 bits per heavy atom. The SMILES string of the molecule is COc1ccc2c(c1)CCOC21CCN(C(=O)CCCN2CCCC2=O)CC1. The molecule has 0 bridgehead atoms. The smallest absolute Gasteiger partial charge is 0.222 e. The summed E-state index contributed by atoms with van der Waals surface area (Å²) >= 11 is 0. The van der Waals surface area contributed by atoms with E-state index in [4.69, 9.17) is 9.47 Å². The number of fused-ring (bicyclic) bond motifs is 2. The van der Waals surface area contributed by atoms with E-state index in [1.807, 2.05) is 15.9 Å².